The fourth-order valence-electron chi connectivity index (χ4n) is 0.297. The summed E-state index contributed by atoms with van der Waals surface area (Å²) in [6, 6.07) is 0. The van der Waals surface area contributed by atoms with Crippen molar-refractivity contribution in [2.75, 3.05) is 0 Å². The lowest BCUT2D eigenvalue weighted by atomic mass is 10.6. The van der Waals surface area contributed by atoms with Gasteiger partial charge in [-0.1, -0.05) is 13.8 Å². The van der Waals surface area contributed by atoms with Gasteiger partial charge in [0.1, 0.15) is 0 Å². The number of carboxylic acids is 1. The molecule has 0 rings (SSSR count). The first-order chi connectivity index (χ1) is 4.04. The lowest BCUT2D eigenvalue weighted by Gasteiger charge is -2.04. The Hall–Kier alpha value is -0.250. The third-order valence-electron chi connectivity index (χ3n) is 0.586. The van der Waals surface area contributed by atoms with Gasteiger partial charge in [-0.05, 0) is 0 Å². The first-order valence-corrected chi connectivity index (χ1v) is 3.50. The third kappa shape index (κ3) is 4.27. The number of carbonyl (C=O) groups is 1. The number of halogens is 1. The number of carboxylic acid groups (broad SMARTS) is 1. The van der Waals surface area contributed by atoms with Crippen LogP contribution in [0, 0.1) is 0 Å². The summed E-state index contributed by atoms with van der Waals surface area (Å²) >= 11 is 0.796. The zero-order chi connectivity index (χ0) is 7.44. The van der Waals surface area contributed by atoms with Crippen LogP contribution >= 0.6 is 11.8 Å². The van der Waals surface area contributed by atoms with Crippen LogP contribution in [-0.4, -0.2) is 21.8 Å². The van der Waals surface area contributed by atoms with Crippen LogP contribution in [-0.2, 0) is 4.79 Å². The Morgan fingerprint density at radius 3 is 2.22 bits per heavy atom. The minimum absolute atomic E-state index is 0.0242. The van der Waals surface area contributed by atoms with Crippen molar-refractivity contribution in [2.45, 2.75) is 24.6 Å². The molecule has 0 saturated carbocycles. The van der Waals surface area contributed by atoms with Gasteiger partial charge in [0.05, 0.1) is 0 Å². The van der Waals surface area contributed by atoms with Crippen molar-refractivity contribution in [3.05, 3.63) is 0 Å². The number of hydrogen-bond donors (Lipinski definition) is 1. The number of rotatable bonds is 3. The number of alkyl halides is 1. The second-order valence-corrected chi connectivity index (χ2v) is 3.47. The molecule has 9 heavy (non-hydrogen) atoms. The summed E-state index contributed by atoms with van der Waals surface area (Å²) in [5, 5.41) is 8.06. The van der Waals surface area contributed by atoms with E-state index in [0.29, 0.717) is 0 Å². The molecule has 1 unspecified atom stereocenters. The van der Waals surface area contributed by atoms with Gasteiger partial charge in [0.2, 0.25) is 5.50 Å². The first kappa shape index (κ1) is 8.75. The molecule has 0 aromatic carbocycles. The maximum Gasteiger partial charge on any atom is 0.348 e. The molecule has 0 saturated heterocycles. The lowest BCUT2D eigenvalue weighted by Crippen LogP contribution is -2.12. The van der Waals surface area contributed by atoms with Gasteiger partial charge in [-0.2, -0.15) is 0 Å². The van der Waals surface area contributed by atoms with Crippen molar-refractivity contribution in [3.63, 3.8) is 0 Å². The van der Waals surface area contributed by atoms with Crippen molar-refractivity contribution in [3.8, 4) is 0 Å². The largest absolute Gasteiger partial charge is 0.478 e. The van der Waals surface area contributed by atoms with E-state index in [4.69, 9.17) is 5.11 Å². The highest BCUT2D eigenvalue weighted by molar-refractivity contribution is 8.00. The van der Waals surface area contributed by atoms with E-state index >= 15 is 0 Å². The molecule has 1 N–H and O–H groups in total. The van der Waals surface area contributed by atoms with E-state index in [9.17, 15) is 9.18 Å². The van der Waals surface area contributed by atoms with Gasteiger partial charge in [0.15, 0.2) is 0 Å². The second kappa shape index (κ2) is 3.71. The highest BCUT2D eigenvalue weighted by Crippen LogP contribution is 2.17. The molecule has 0 spiro atoms. The average molecular weight is 152 g/mol. The van der Waals surface area contributed by atoms with Crippen LogP contribution in [0.25, 0.3) is 0 Å². The van der Waals surface area contributed by atoms with Crippen LogP contribution in [0.5, 0.6) is 0 Å². The van der Waals surface area contributed by atoms with E-state index in [2.05, 4.69) is 0 Å². The quantitative estimate of drug-likeness (QED) is 0.666. The fourth-order valence-corrected chi connectivity index (χ4v) is 0.891. The summed E-state index contributed by atoms with van der Waals surface area (Å²) in [6.07, 6.45) is 0. The van der Waals surface area contributed by atoms with E-state index < -0.39 is 11.5 Å². The monoisotopic (exact) mass is 152 g/mol. The SMILES string of the molecule is CC(C)SC(F)C(=O)O. The van der Waals surface area contributed by atoms with Gasteiger partial charge >= 0.3 is 5.97 Å². The van der Waals surface area contributed by atoms with E-state index in [0.717, 1.165) is 11.8 Å². The van der Waals surface area contributed by atoms with Gasteiger partial charge in [-0.25, -0.2) is 9.18 Å². The van der Waals surface area contributed by atoms with Crippen LogP contribution in [0.2, 0.25) is 0 Å². The van der Waals surface area contributed by atoms with Gasteiger partial charge in [-0.3, -0.25) is 0 Å². The molecule has 0 aliphatic carbocycles. The summed E-state index contributed by atoms with van der Waals surface area (Å²) < 4.78 is 12.1. The zero-order valence-corrected chi connectivity index (χ0v) is 6.11. The normalized spacial score (nSPS) is 13.8. The molecule has 0 aliphatic rings. The highest BCUT2D eigenvalue weighted by atomic mass is 32.2. The van der Waals surface area contributed by atoms with Gasteiger partial charge in [0.25, 0.3) is 0 Å². The van der Waals surface area contributed by atoms with Crippen LogP contribution in [0.3, 0.4) is 0 Å². The summed E-state index contributed by atoms with van der Waals surface area (Å²) in [7, 11) is 0. The van der Waals surface area contributed by atoms with E-state index in [1.807, 2.05) is 0 Å². The predicted molar refractivity (Wildman–Crippen MR) is 35.3 cm³/mol. The third-order valence-corrected chi connectivity index (χ3v) is 1.57. The van der Waals surface area contributed by atoms with E-state index in [-0.39, 0.29) is 5.25 Å². The summed E-state index contributed by atoms with van der Waals surface area (Å²) in [6.45, 7) is 3.50. The van der Waals surface area contributed by atoms with Crippen molar-refractivity contribution in [2.24, 2.45) is 0 Å². The molecule has 0 amide bonds. The minimum atomic E-state index is -1.77. The Morgan fingerprint density at radius 2 is 2.11 bits per heavy atom. The number of thioether (sulfide) groups is 1. The number of aliphatic carboxylic acids is 1. The standard InChI is InChI=1S/C5H9FO2S/c1-3(2)9-4(6)5(7)8/h3-4H,1-2H3,(H,7,8). The maximum absolute atomic E-state index is 12.1. The molecule has 4 heteroatoms. The molecule has 0 bridgehead atoms. The molecule has 0 heterocycles. The van der Waals surface area contributed by atoms with Crippen LogP contribution in [0.15, 0.2) is 0 Å². The second-order valence-electron chi connectivity index (χ2n) is 1.84. The molecule has 0 aliphatic heterocycles. The Labute approximate surface area is 57.4 Å². The molecular weight excluding hydrogens is 143 g/mol. The fraction of sp³-hybridized carbons (Fsp3) is 0.800. The summed E-state index contributed by atoms with van der Waals surface area (Å²) in [5.74, 6) is -1.39. The molecule has 1 atom stereocenters. The smallest absolute Gasteiger partial charge is 0.348 e. The van der Waals surface area contributed by atoms with Crippen molar-refractivity contribution < 1.29 is 14.3 Å². The first-order valence-electron chi connectivity index (χ1n) is 2.56. The van der Waals surface area contributed by atoms with Gasteiger partial charge < -0.3 is 5.11 Å². The average Bonchev–Trinajstić information content (AvgIpc) is 1.63. The van der Waals surface area contributed by atoms with Crippen molar-refractivity contribution in [1.82, 2.24) is 0 Å². The van der Waals surface area contributed by atoms with Crippen molar-refractivity contribution >= 4 is 17.7 Å². The Kier molecular flexibility index (Phi) is 3.61. The predicted octanol–water partition coefficient (Wildman–Crippen LogP) is 1.51. The summed E-state index contributed by atoms with van der Waals surface area (Å²) in [4.78, 5) is 9.84. The van der Waals surface area contributed by atoms with E-state index in [1.165, 1.54) is 0 Å². The molecular formula is C5H9FO2S. The molecule has 0 radical (unpaired) electrons. The van der Waals surface area contributed by atoms with Crippen LogP contribution < -0.4 is 0 Å². The topological polar surface area (TPSA) is 37.3 Å². The Balaban J connectivity index is 3.50. The zero-order valence-electron chi connectivity index (χ0n) is 5.30. The van der Waals surface area contributed by atoms with Crippen molar-refractivity contribution in [1.29, 1.82) is 0 Å². The lowest BCUT2D eigenvalue weighted by molar-refractivity contribution is -0.139. The number of hydrogen-bond acceptors (Lipinski definition) is 2. The van der Waals surface area contributed by atoms with Crippen LogP contribution in [0.4, 0.5) is 4.39 Å². The molecule has 0 fully saturated rings. The maximum atomic E-state index is 12.1. The molecule has 2 nitrogen and oxygen atoms in total. The Morgan fingerprint density at radius 1 is 1.67 bits per heavy atom. The highest BCUT2D eigenvalue weighted by Gasteiger charge is 2.16. The minimum Gasteiger partial charge on any atom is -0.478 e. The Bertz CT molecular complexity index is 105. The molecule has 0 aromatic rings. The van der Waals surface area contributed by atoms with Gasteiger partial charge in [-0.15, -0.1) is 11.8 Å². The molecule has 0 aromatic heterocycles. The van der Waals surface area contributed by atoms with Crippen LogP contribution in [0.1, 0.15) is 13.8 Å². The summed E-state index contributed by atoms with van der Waals surface area (Å²) in [5.41, 5.74) is -1.77. The van der Waals surface area contributed by atoms with E-state index in [1.54, 1.807) is 13.8 Å². The van der Waals surface area contributed by atoms with Gasteiger partial charge in [0, 0.05) is 5.25 Å². The molecule has 54 valence electrons.